The van der Waals surface area contributed by atoms with Crippen molar-refractivity contribution in [1.29, 1.82) is 0 Å². The Morgan fingerprint density at radius 3 is 2.67 bits per heavy atom. The molecule has 154 valence electrons. The number of amides is 2. The number of rotatable bonds is 5. The second-order valence-corrected chi connectivity index (χ2v) is 7.70. The normalized spacial score (nSPS) is 10.9. The summed E-state index contributed by atoms with van der Waals surface area (Å²) >= 11 is 15.4. The zero-order valence-corrected chi connectivity index (χ0v) is 18.4. The number of anilines is 1. The topological polar surface area (TPSA) is 110 Å². The SMILES string of the molecule is Cc1cc(NC(=O)N/N=C/c2ccc(-c3cc([N+](=O)[O-])c(Cl)cc3Cl)o2)ccc1Br. The number of nitro groups is 1. The van der Waals surface area contributed by atoms with Crippen molar-refractivity contribution >= 4 is 62.8 Å². The monoisotopic (exact) mass is 510 g/mol. The van der Waals surface area contributed by atoms with E-state index in [0.29, 0.717) is 17.0 Å². The van der Waals surface area contributed by atoms with E-state index < -0.39 is 11.0 Å². The summed E-state index contributed by atoms with van der Waals surface area (Å²) < 4.78 is 6.51. The minimum absolute atomic E-state index is 0.0710. The highest BCUT2D eigenvalue weighted by molar-refractivity contribution is 9.10. The predicted molar refractivity (Wildman–Crippen MR) is 119 cm³/mol. The van der Waals surface area contributed by atoms with E-state index >= 15 is 0 Å². The first kappa shape index (κ1) is 21.8. The smallest absolute Gasteiger partial charge is 0.339 e. The number of nitrogens with one attached hydrogen (secondary N) is 2. The van der Waals surface area contributed by atoms with E-state index in [1.165, 1.54) is 18.3 Å². The van der Waals surface area contributed by atoms with Crippen molar-refractivity contribution in [3.05, 3.63) is 78.4 Å². The van der Waals surface area contributed by atoms with Gasteiger partial charge >= 0.3 is 6.03 Å². The summed E-state index contributed by atoms with van der Waals surface area (Å²) in [5.74, 6) is 0.592. The molecule has 30 heavy (non-hydrogen) atoms. The van der Waals surface area contributed by atoms with E-state index in [1.807, 2.05) is 13.0 Å². The molecule has 8 nitrogen and oxygen atoms in total. The number of carbonyl (C=O) groups excluding carboxylic acids is 1. The number of halogens is 3. The Morgan fingerprint density at radius 2 is 1.97 bits per heavy atom. The number of aryl methyl sites for hydroxylation is 1. The van der Waals surface area contributed by atoms with Crippen molar-refractivity contribution in [2.75, 3.05) is 5.32 Å². The summed E-state index contributed by atoms with van der Waals surface area (Å²) in [6.45, 7) is 1.90. The number of carbonyl (C=O) groups is 1. The van der Waals surface area contributed by atoms with Gasteiger partial charge in [-0.1, -0.05) is 39.1 Å². The fourth-order valence-corrected chi connectivity index (χ4v) is 3.26. The second kappa shape index (κ2) is 9.29. The van der Waals surface area contributed by atoms with Gasteiger partial charge in [-0.25, -0.2) is 10.2 Å². The lowest BCUT2D eigenvalue weighted by molar-refractivity contribution is -0.384. The number of hydrogen-bond donors (Lipinski definition) is 2. The van der Waals surface area contributed by atoms with Crippen LogP contribution in [0.5, 0.6) is 0 Å². The first-order chi connectivity index (χ1) is 14.2. The molecule has 1 heterocycles. The number of benzene rings is 2. The van der Waals surface area contributed by atoms with E-state index in [-0.39, 0.29) is 21.5 Å². The van der Waals surface area contributed by atoms with Crippen molar-refractivity contribution in [1.82, 2.24) is 5.43 Å². The fourth-order valence-electron chi connectivity index (χ4n) is 2.47. The minimum atomic E-state index is -0.608. The lowest BCUT2D eigenvalue weighted by atomic mass is 10.1. The molecule has 3 rings (SSSR count). The number of hydrazone groups is 1. The van der Waals surface area contributed by atoms with Crippen molar-refractivity contribution < 1.29 is 14.1 Å². The largest absolute Gasteiger partial charge is 0.455 e. The summed E-state index contributed by atoms with van der Waals surface area (Å²) in [5, 5.41) is 17.7. The standard InChI is InChI=1S/C19H13BrCl2N4O4/c1-10-6-11(2-4-14(10)20)24-19(27)25-23-9-12-3-5-18(30-12)13-7-17(26(28)29)16(22)8-15(13)21/h2-9H,1H3,(H2,24,25,27)/b23-9+. The van der Waals surface area contributed by atoms with Crippen molar-refractivity contribution in [2.24, 2.45) is 5.10 Å². The van der Waals surface area contributed by atoms with Crippen LogP contribution in [-0.4, -0.2) is 17.2 Å². The molecule has 0 spiro atoms. The number of nitro benzene ring substituents is 1. The average Bonchev–Trinajstić information content (AvgIpc) is 3.13. The van der Waals surface area contributed by atoms with Crippen LogP contribution in [0.1, 0.15) is 11.3 Å². The van der Waals surface area contributed by atoms with Gasteiger partial charge in [-0.2, -0.15) is 5.10 Å². The molecule has 0 aliphatic carbocycles. The zero-order valence-electron chi connectivity index (χ0n) is 15.3. The third-order valence-corrected chi connectivity index (χ3v) is 5.40. The molecule has 0 saturated carbocycles. The highest BCUT2D eigenvalue weighted by atomic mass is 79.9. The molecule has 3 aromatic rings. The van der Waals surface area contributed by atoms with Crippen LogP contribution in [0.4, 0.5) is 16.2 Å². The van der Waals surface area contributed by atoms with Crippen molar-refractivity contribution in [3.63, 3.8) is 0 Å². The summed E-state index contributed by atoms with van der Waals surface area (Å²) in [6.07, 6.45) is 1.29. The zero-order chi connectivity index (χ0) is 21.8. The third-order valence-electron chi connectivity index (χ3n) is 3.90. The molecule has 2 aromatic carbocycles. The summed E-state index contributed by atoms with van der Waals surface area (Å²) in [4.78, 5) is 22.4. The molecule has 0 fully saturated rings. The first-order valence-electron chi connectivity index (χ1n) is 8.34. The van der Waals surface area contributed by atoms with Crippen LogP contribution in [0.15, 0.2) is 56.5 Å². The van der Waals surface area contributed by atoms with E-state index in [1.54, 1.807) is 24.3 Å². The van der Waals surface area contributed by atoms with E-state index in [9.17, 15) is 14.9 Å². The van der Waals surface area contributed by atoms with Crippen molar-refractivity contribution in [2.45, 2.75) is 6.92 Å². The summed E-state index contributed by atoms with van der Waals surface area (Å²) in [6, 6.07) is 10.5. The number of furan rings is 1. The molecule has 0 unspecified atom stereocenters. The van der Waals surface area contributed by atoms with Gasteiger partial charge < -0.3 is 9.73 Å². The number of hydrogen-bond acceptors (Lipinski definition) is 5. The Bertz CT molecular complexity index is 1160. The lowest BCUT2D eigenvalue weighted by Crippen LogP contribution is -2.24. The van der Waals surface area contributed by atoms with Crippen LogP contribution in [0, 0.1) is 17.0 Å². The van der Waals surface area contributed by atoms with Gasteiger partial charge in [0.2, 0.25) is 0 Å². The maximum Gasteiger partial charge on any atom is 0.339 e. The van der Waals surface area contributed by atoms with Crippen LogP contribution in [0.25, 0.3) is 11.3 Å². The number of urea groups is 1. The Balaban J connectivity index is 1.67. The molecular formula is C19H13BrCl2N4O4. The Kier molecular flexibility index (Phi) is 6.76. The lowest BCUT2D eigenvalue weighted by Gasteiger charge is -2.06. The molecule has 0 bridgehead atoms. The fraction of sp³-hybridized carbons (Fsp3) is 0.0526. The molecule has 0 atom stereocenters. The quantitative estimate of drug-likeness (QED) is 0.235. The van der Waals surface area contributed by atoms with Gasteiger partial charge in [-0.05, 0) is 48.9 Å². The number of nitrogens with zero attached hydrogens (tertiary/aromatic N) is 2. The van der Waals surface area contributed by atoms with Gasteiger partial charge in [0, 0.05) is 21.8 Å². The highest BCUT2D eigenvalue weighted by Gasteiger charge is 2.18. The van der Waals surface area contributed by atoms with Gasteiger partial charge in [0.15, 0.2) is 0 Å². The molecule has 1 aromatic heterocycles. The first-order valence-corrected chi connectivity index (χ1v) is 9.89. The highest BCUT2D eigenvalue weighted by Crippen LogP contribution is 2.37. The predicted octanol–water partition coefficient (Wildman–Crippen LogP) is 6.39. The van der Waals surface area contributed by atoms with Gasteiger partial charge in [0.05, 0.1) is 16.2 Å². The Labute approximate surface area is 189 Å². The average molecular weight is 512 g/mol. The Morgan fingerprint density at radius 1 is 1.20 bits per heavy atom. The van der Waals surface area contributed by atoms with Gasteiger partial charge in [0.25, 0.3) is 5.69 Å². The molecule has 0 aliphatic heterocycles. The van der Waals surface area contributed by atoms with Crippen LogP contribution in [0.2, 0.25) is 10.0 Å². The van der Waals surface area contributed by atoms with Gasteiger partial charge in [0.1, 0.15) is 16.5 Å². The van der Waals surface area contributed by atoms with E-state index in [0.717, 1.165) is 10.0 Å². The molecule has 2 amide bonds. The van der Waals surface area contributed by atoms with Crippen LogP contribution >= 0.6 is 39.1 Å². The van der Waals surface area contributed by atoms with E-state index in [2.05, 4.69) is 31.8 Å². The van der Waals surface area contributed by atoms with Crippen LogP contribution in [-0.2, 0) is 0 Å². The second-order valence-electron chi connectivity index (χ2n) is 6.03. The maximum atomic E-state index is 11.9. The molecule has 0 saturated heterocycles. The maximum absolute atomic E-state index is 11.9. The van der Waals surface area contributed by atoms with E-state index in [4.69, 9.17) is 27.6 Å². The van der Waals surface area contributed by atoms with Crippen LogP contribution in [0.3, 0.4) is 0 Å². The van der Waals surface area contributed by atoms with Crippen LogP contribution < -0.4 is 10.7 Å². The summed E-state index contributed by atoms with van der Waals surface area (Å²) in [7, 11) is 0. The Hall–Kier alpha value is -2.88. The molecule has 11 heteroatoms. The third kappa shape index (κ3) is 5.18. The minimum Gasteiger partial charge on any atom is -0.455 e. The molecular weight excluding hydrogens is 499 g/mol. The summed E-state index contributed by atoms with van der Waals surface area (Å²) in [5.41, 5.74) is 3.93. The molecule has 0 aliphatic rings. The molecule has 2 N–H and O–H groups in total. The molecule has 0 radical (unpaired) electrons. The van der Waals surface area contributed by atoms with Gasteiger partial charge in [-0.15, -0.1) is 0 Å². The van der Waals surface area contributed by atoms with Gasteiger partial charge in [-0.3, -0.25) is 10.1 Å². The van der Waals surface area contributed by atoms with Crippen molar-refractivity contribution in [3.8, 4) is 11.3 Å².